The van der Waals surface area contributed by atoms with Crippen molar-refractivity contribution in [2.45, 2.75) is 13.0 Å². The summed E-state index contributed by atoms with van der Waals surface area (Å²) in [5, 5.41) is 2.34. The van der Waals surface area contributed by atoms with Crippen LogP contribution in [0, 0.1) is 17.5 Å². The van der Waals surface area contributed by atoms with Crippen molar-refractivity contribution in [2.75, 3.05) is 6.54 Å². The van der Waals surface area contributed by atoms with Crippen LogP contribution < -0.4 is 11.1 Å². The lowest BCUT2D eigenvalue weighted by Crippen LogP contribution is -2.38. The maximum Gasteiger partial charge on any atom is 0.254 e. The molecule has 1 aromatic carbocycles. The second-order valence-corrected chi connectivity index (χ2v) is 3.36. The van der Waals surface area contributed by atoms with Gasteiger partial charge in [-0.25, -0.2) is 13.2 Å². The van der Waals surface area contributed by atoms with Crippen LogP contribution in [0.1, 0.15) is 17.3 Å². The Hall–Kier alpha value is -1.56. The molecule has 0 saturated carbocycles. The van der Waals surface area contributed by atoms with Gasteiger partial charge in [0.15, 0.2) is 11.6 Å². The lowest BCUT2D eigenvalue weighted by atomic mass is 10.1. The first-order valence-electron chi connectivity index (χ1n) is 4.61. The Bertz CT molecular complexity index is 409. The van der Waals surface area contributed by atoms with Crippen LogP contribution in [0.15, 0.2) is 12.1 Å². The van der Waals surface area contributed by atoms with Gasteiger partial charge in [0.25, 0.3) is 5.91 Å². The van der Waals surface area contributed by atoms with Crippen LogP contribution in [0.4, 0.5) is 13.2 Å². The van der Waals surface area contributed by atoms with E-state index >= 15 is 0 Å². The Balaban J connectivity index is 2.96. The first kappa shape index (κ1) is 12.5. The van der Waals surface area contributed by atoms with E-state index in [1.165, 1.54) is 0 Å². The largest absolute Gasteiger partial charge is 0.348 e. The van der Waals surface area contributed by atoms with E-state index < -0.39 is 28.9 Å². The standard InChI is InChI=1S/C10H11F3N2O/c1-5(4-14)15-10(16)6-2-8(12)9(13)3-7(6)11/h2-3,5H,4,14H2,1H3,(H,15,16)/t5-/m1/s1. The molecule has 0 aliphatic heterocycles. The maximum absolute atomic E-state index is 13.1. The lowest BCUT2D eigenvalue weighted by Gasteiger charge is -2.11. The lowest BCUT2D eigenvalue weighted by molar-refractivity contribution is 0.0936. The summed E-state index contributed by atoms with van der Waals surface area (Å²) in [5.74, 6) is -4.54. The first-order chi connectivity index (χ1) is 7.45. The van der Waals surface area contributed by atoms with Crippen LogP contribution >= 0.6 is 0 Å². The van der Waals surface area contributed by atoms with Gasteiger partial charge in [0, 0.05) is 18.7 Å². The van der Waals surface area contributed by atoms with Crippen molar-refractivity contribution in [2.24, 2.45) is 5.73 Å². The molecular formula is C10H11F3N2O. The van der Waals surface area contributed by atoms with Crippen LogP contribution in [0.3, 0.4) is 0 Å². The Morgan fingerprint density at radius 2 is 1.88 bits per heavy atom. The Morgan fingerprint density at radius 3 is 2.44 bits per heavy atom. The third-order valence-electron chi connectivity index (χ3n) is 1.99. The van der Waals surface area contributed by atoms with Gasteiger partial charge in [-0.1, -0.05) is 0 Å². The molecule has 88 valence electrons. The van der Waals surface area contributed by atoms with Crippen LogP contribution in [-0.2, 0) is 0 Å². The van der Waals surface area contributed by atoms with Crippen molar-refractivity contribution in [3.05, 3.63) is 35.1 Å². The molecule has 16 heavy (non-hydrogen) atoms. The average molecular weight is 232 g/mol. The number of carbonyl (C=O) groups is 1. The fourth-order valence-corrected chi connectivity index (χ4v) is 1.06. The highest BCUT2D eigenvalue weighted by molar-refractivity contribution is 5.94. The van der Waals surface area contributed by atoms with E-state index in [9.17, 15) is 18.0 Å². The van der Waals surface area contributed by atoms with Gasteiger partial charge >= 0.3 is 0 Å². The normalized spacial score (nSPS) is 12.3. The second-order valence-electron chi connectivity index (χ2n) is 3.36. The number of rotatable bonds is 3. The monoisotopic (exact) mass is 232 g/mol. The summed E-state index contributed by atoms with van der Waals surface area (Å²) in [4.78, 5) is 11.4. The molecule has 0 aliphatic carbocycles. The summed E-state index contributed by atoms with van der Waals surface area (Å²) in [6.07, 6.45) is 0. The van der Waals surface area contributed by atoms with Crippen LogP contribution in [-0.4, -0.2) is 18.5 Å². The first-order valence-corrected chi connectivity index (χ1v) is 4.61. The zero-order chi connectivity index (χ0) is 12.3. The molecule has 6 heteroatoms. The molecule has 3 N–H and O–H groups in total. The van der Waals surface area contributed by atoms with E-state index in [0.717, 1.165) is 0 Å². The molecule has 0 aliphatic rings. The molecule has 1 atom stereocenters. The molecule has 0 aromatic heterocycles. The topological polar surface area (TPSA) is 55.1 Å². The number of benzene rings is 1. The third-order valence-corrected chi connectivity index (χ3v) is 1.99. The highest BCUT2D eigenvalue weighted by Crippen LogP contribution is 2.13. The molecule has 0 unspecified atom stereocenters. The maximum atomic E-state index is 13.1. The third kappa shape index (κ3) is 2.73. The van der Waals surface area contributed by atoms with Gasteiger partial charge in [-0.15, -0.1) is 0 Å². The van der Waals surface area contributed by atoms with Crippen LogP contribution in [0.25, 0.3) is 0 Å². The summed E-state index contributed by atoms with van der Waals surface area (Å²) < 4.78 is 38.5. The van der Waals surface area contributed by atoms with Crippen molar-refractivity contribution in [3.63, 3.8) is 0 Å². The fourth-order valence-electron chi connectivity index (χ4n) is 1.06. The highest BCUT2D eigenvalue weighted by atomic mass is 19.2. The molecule has 0 radical (unpaired) electrons. The molecule has 1 rings (SSSR count). The molecule has 0 saturated heterocycles. The second kappa shape index (κ2) is 4.98. The van der Waals surface area contributed by atoms with Crippen molar-refractivity contribution in [1.29, 1.82) is 0 Å². The predicted octanol–water partition coefficient (Wildman–Crippen LogP) is 1.18. The predicted molar refractivity (Wildman–Crippen MR) is 52.3 cm³/mol. The molecule has 0 heterocycles. The molecule has 1 amide bonds. The van der Waals surface area contributed by atoms with E-state index in [0.29, 0.717) is 12.1 Å². The molecule has 3 nitrogen and oxygen atoms in total. The number of hydrogen-bond acceptors (Lipinski definition) is 2. The van der Waals surface area contributed by atoms with Crippen molar-refractivity contribution < 1.29 is 18.0 Å². The molecular weight excluding hydrogens is 221 g/mol. The minimum absolute atomic E-state index is 0.164. The van der Waals surface area contributed by atoms with E-state index in [2.05, 4.69) is 5.32 Å². The van der Waals surface area contributed by atoms with Gasteiger partial charge in [0.2, 0.25) is 0 Å². The quantitative estimate of drug-likeness (QED) is 0.769. The van der Waals surface area contributed by atoms with E-state index in [4.69, 9.17) is 5.73 Å². The summed E-state index contributed by atoms with van der Waals surface area (Å²) >= 11 is 0. The number of halogens is 3. The number of nitrogens with one attached hydrogen (secondary N) is 1. The van der Waals surface area contributed by atoms with Crippen LogP contribution in [0.5, 0.6) is 0 Å². The van der Waals surface area contributed by atoms with Crippen molar-refractivity contribution in [1.82, 2.24) is 5.32 Å². The van der Waals surface area contributed by atoms with Gasteiger partial charge in [-0.2, -0.15) is 0 Å². The molecule has 0 spiro atoms. The Labute approximate surface area is 90.4 Å². The van der Waals surface area contributed by atoms with Gasteiger partial charge < -0.3 is 11.1 Å². The van der Waals surface area contributed by atoms with Crippen molar-refractivity contribution >= 4 is 5.91 Å². The summed E-state index contributed by atoms with van der Waals surface area (Å²) in [6.45, 7) is 1.77. The van der Waals surface area contributed by atoms with E-state index in [1.54, 1.807) is 6.92 Å². The summed E-state index contributed by atoms with van der Waals surface area (Å²) in [5.41, 5.74) is 4.71. The molecule has 0 bridgehead atoms. The molecule has 1 aromatic rings. The fraction of sp³-hybridized carbons (Fsp3) is 0.300. The van der Waals surface area contributed by atoms with Gasteiger partial charge in [0.1, 0.15) is 5.82 Å². The number of nitrogens with two attached hydrogens (primary N) is 1. The SMILES string of the molecule is C[C@H](CN)NC(=O)c1cc(F)c(F)cc1F. The Kier molecular flexibility index (Phi) is 3.89. The summed E-state index contributed by atoms with van der Waals surface area (Å²) in [7, 11) is 0. The average Bonchev–Trinajstić information content (AvgIpc) is 2.23. The minimum atomic E-state index is -1.33. The summed E-state index contributed by atoms with van der Waals surface area (Å²) in [6, 6.07) is 0.473. The van der Waals surface area contributed by atoms with Gasteiger partial charge in [-0.3, -0.25) is 4.79 Å². The molecule has 0 fully saturated rings. The smallest absolute Gasteiger partial charge is 0.254 e. The van der Waals surface area contributed by atoms with Gasteiger partial charge in [0.05, 0.1) is 5.56 Å². The Morgan fingerprint density at radius 1 is 1.31 bits per heavy atom. The zero-order valence-electron chi connectivity index (χ0n) is 8.56. The number of amides is 1. The van der Waals surface area contributed by atoms with Crippen molar-refractivity contribution in [3.8, 4) is 0 Å². The number of hydrogen-bond donors (Lipinski definition) is 2. The zero-order valence-corrected chi connectivity index (χ0v) is 8.56. The van der Waals surface area contributed by atoms with E-state index in [-0.39, 0.29) is 12.6 Å². The van der Waals surface area contributed by atoms with Crippen LogP contribution in [0.2, 0.25) is 0 Å². The number of carbonyl (C=O) groups excluding carboxylic acids is 1. The van der Waals surface area contributed by atoms with Gasteiger partial charge in [-0.05, 0) is 13.0 Å². The highest BCUT2D eigenvalue weighted by Gasteiger charge is 2.17. The van der Waals surface area contributed by atoms with E-state index in [1.807, 2.05) is 0 Å². The minimum Gasteiger partial charge on any atom is -0.348 e.